The highest BCUT2D eigenvalue weighted by molar-refractivity contribution is 6.31. The molecule has 1 unspecified atom stereocenters. The lowest BCUT2D eigenvalue weighted by molar-refractivity contribution is 0.118. The first-order valence-corrected chi connectivity index (χ1v) is 5.35. The average molecular weight is 238 g/mol. The van der Waals surface area contributed by atoms with Crippen molar-refractivity contribution in [2.24, 2.45) is 0 Å². The summed E-state index contributed by atoms with van der Waals surface area (Å²) in [5, 5.41) is 1.56. The third-order valence-corrected chi connectivity index (χ3v) is 2.86. The zero-order chi connectivity index (χ0) is 11.7. The maximum Gasteiger partial charge on any atom is 0.254 e. The van der Waals surface area contributed by atoms with E-state index in [1.165, 1.54) is 0 Å². The van der Waals surface area contributed by atoms with E-state index in [9.17, 15) is 4.79 Å². The highest BCUT2D eigenvalue weighted by atomic mass is 35.5. The summed E-state index contributed by atoms with van der Waals surface area (Å²) in [5.74, 6) is 0. The molecule has 0 spiro atoms. The molecular weight excluding hydrogens is 226 g/mol. The fraction of sp³-hybridized carbons (Fsp3) is 0.250. The van der Waals surface area contributed by atoms with Gasteiger partial charge in [-0.15, -0.1) is 0 Å². The number of nitrogens with one attached hydrogen (secondary N) is 1. The molecule has 84 valence electrons. The molecule has 2 rings (SSSR count). The van der Waals surface area contributed by atoms with Crippen LogP contribution < -0.4 is 5.56 Å². The fourth-order valence-electron chi connectivity index (χ4n) is 1.62. The summed E-state index contributed by atoms with van der Waals surface area (Å²) in [6.07, 6.45) is -0.230. The number of methoxy groups -OCH3 is 1. The molecule has 0 fully saturated rings. The van der Waals surface area contributed by atoms with Crippen LogP contribution in [-0.4, -0.2) is 12.1 Å². The molecule has 16 heavy (non-hydrogen) atoms. The molecule has 1 N–H and O–H groups in total. The second kappa shape index (κ2) is 4.28. The summed E-state index contributed by atoms with van der Waals surface area (Å²) in [7, 11) is 1.58. The third-order valence-electron chi connectivity index (χ3n) is 2.63. The number of benzene rings is 1. The van der Waals surface area contributed by atoms with Gasteiger partial charge in [-0.1, -0.05) is 11.6 Å². The minimum absolute atomic E-state index is 0.121. The van der Waals surface area contributed by atoms with Crippen molar-refractivity contribution < 1.29 is 4.74 Å². The van der Waals surface area contributed by atoms with Crippen molar-refractivity contribution in [2.75, 3.05) is 7.11 Å². The number of rotatable bonds is 2. The summed E-state index contributed by atoms with van der Waals surface area (Å²) in [4.78, 5) is 14.6. The van der Waals surface area contributed by atoms with Crippen molar-refractivity contribution in [3.8, 4) is 0 Å². The van der Waals surface area contributed by atoms with Crippen molar-refractivity contribution in [3.63, 3.8) is 0 Å². The lowest BCUT2D eigenvalue weighted by Gasteiger charge is -2.09. The van der Waals surface area contributed by atoms with Gasteiger partial charge in [-0.3, -0.25) is 4.79 Å². The van der Waals surface area contributed by atoms with Gasteiger partial charge in [-0.2, -0.15) is 0 Å². The molecule has 1 aromatic heterocycles. The predicted octanol–water partition coefficient (Wildman–Crippen LogP) is 2.89. The number of halogens is 1. The van der Waals surface area contributed by atoms with Crippen LogP contribution in [0.15, 0.2) is 29.1 Å². The molecule has 0 amide bonds. The van der Waals surface area contributed by atoms with Crippen molar-refractivity contribution >= 4 is 22.5 Å². The lowest BCUT2D eigenvalue weighted by Crippen LogP contribution is -2.15. The van der Waals surface area contributed by atoms with Crippen LogP contribution in [0.3, 0.4) is 0 Å². The predicted molar refractivity (Wildman–Crippen MR) is 65.0 cm³/mol. The van der Waals surface area contributed by atoms with Crippen LogP contribution in [0, 0.1) is 0 Å². The zero-order valence-corrected chi connectivity index (χ0v) is 9.84. The molecule has 0 saturated heterocycles. The van der Waals surface area contributed by atoms with Crippen molar-refractivity contribution in [2.45, 2.75) is 13.0 Å². The zero-order valence-electron chi connectivity index (χ0n) is 9.08. The molecule has 1 heterocycles. The van der Waals surface area contributed by atoms with Gasteiger partial charge in [0.2, 0.25) is 0 Å². The van der Waals surface area contributed by atoms with Gasteiger partial charge < -0.3 is 9.72 Å². The Bertz CT molecular complexity index is 577. The average Bonchev–Trinajstić information content (AvgIpc) is 2.28. The molecule has 3 nitrogen and oxygen atoms in total. The summed E-state index contributed by atoms with van der Waals surface area (Å²) in [5.41, 5.74) is 1.27. The normalized spacial score (nSPS) is 12.9. The van der Waals surface area contributed by atoms with Crippen molar-refractivity contribution in [3.05, 3.63) is 45.2 Å². The van der Waals surface area contributed by atoms with E-state index in [1.54, 1.807) is 19.2 Å². The van der Waals surface area contributed by atoms with Gasteiger partial charge in [-0.05, 0) is 31.2 Å². The van der Waals surface area contributed by atoms with Crippen LogP contribution in [0.1, 0.15) is 18.6 Å². The Hall–Kier alpha value is -1.32. The first-order valence-electron chi connectivity index (χ1n) is 4.97. The Balaban J connectivity index is 2.69. The quantitative estimate of drug-likeness (QED) is 0.873. The lowest BCUT2D eigenvalue weighted by atomic mass is 10.1. The van der Waals surface area contributed by atoms with E-state index in [0.29, 0.717) is 10.6 Å². The van der Waals surface area contributed by atoms with Gasteiger partial charge in [-0.25, -0.2) is 0 Å². The molecule has 0 bridgehead atoms. The van der Waals surface area contributed by atoms with Gasteiger partial charge >= 0.3 is 0 Å². The first kappa shape index (κ1) is 11.2. The largest absolute Gasteiger partial charge is 0.377 e. The summed E-state index contributed by atoms with van der Waals surface area (Å²) >= 11 is 5.90. The van der Waals surface area contributed by atoms with Crippen LogP contribution in [-0.2, 0) is 4.74 Å². The number of pyridine rings is 1. The second-order valence-corrected chi connectivity index (χ2v) is 4.10. The van der Waals surface area contributed by atoms with Gasteiger partial charge in [0.05, 0.1) is 6.10 Å². The Morgan fingerprint density at radius 2 is 2.12 bits per heavy atom. The SMILES string of the molecule is COC(C)c1cc2cc(Cl)ccc2[nH]c1=O. The summed E-state index contributed by atoms with van der Waals surface area (Å²) in [6.45, 7) is 1.83. The van der Waals surface area contributed by atoms with E-state index in [0.717, 1.165) is 10.9 Å². The Morgan fingerprint density at radius 3 is 2.81 bits per heavy atom. The minimum Gasteiger partial charge on any atom is -0.377 e. The molecular formula is C12H12ClNO2. The van der Waals surface area contributed by atoms with Gasteiger partial charge in [0.15, 0.2) is 0 Å². The first-order chi connectivity index (χ1) is 7.61. The number of fused-ring (bicyclic) bond motifs is 1. The standard InChI is InChI=1S/C12H12ClNO2/c1-7(16-2)10-6-8-5-9(13)3-4-11(8)14-12(10)15/h3-7H,1-2H3,(H,14,15). The second-order valence-electron chi connectivity index (χ2n) is 3.66. The van der Waals surface area contributed by atoms with E-state index in [-0.39, 0.29) is 11.7 Å². The highest BCUT2D eigenvalue weighted by Gasteiger charge is 2.10. The Morgan fingerprint density at radius 1 is 1.38 bits per heavy atom. The molecule has 4 heteroatoms. The topological polar surface area (TPSA) is 42.1 Å². The van der Waals surface area contributed by atoms with E-state index in [2.05, 4.69) is 4.98 Å². The van der Waals surface area contributed by atoms with Crippen LogP contribution in [0.2, 0.25) is 5.02 Å². The van der Waals surface area contributed by atoms with Crippen LogP contribution in [0.5, 0.6) is 0 Å². The number of aromatic nitrogens is 1. The van der Waals surface area contributed by atoms with E-state index in [1.807, 2.05) is 19.1 Å². The molecule has 0 saturated carbocycles. The van der Waals surface area contributed by atoms with Gasteiger partial charge in [0.1, 0.15) is 0 Å². The molecule has 2 aromatic rings. The van der Waals surface area contributed by atoms with Crippen LogP contribution in [0.25, 0.3) is 10.9 Å². The molecule has 1 aromatic carbocycles. The third kappa shape index (κ3) is 1.96. The maximum absolute atomic E-state index is 11.7. The fourth-order valence-corrected chi connectivity index (χ4v) is 1.80. The smallest absolute Gasteiger partial charge is 0.254 e. The van der Waals surface area contributed by atoms with Gasteiger partial charge in [0.25, 0.3) is 5.56 Å². The number of aromatic amines is 1. The number of hydrogen-bond acceptors (Lipinski definition) is 2. The number of H-pyrrole nitrogens is 1. The summed E-state index contributed by atoms with van der Waals surface area (Å²) < 4.78 is 5.14. The van der Waals surface area contributed by atoms with Crippen molar-refractivity contribution in [1.82, 2.24) is 4.98 Å². The maximum atomic E-state index is 11.7. The molecule has 0 aliphatic carbocycles. The molecule has 0 radical (unpaired) electrons. The number of ether oxygens (including phenoxy) is 1. The van der Waals surface area contributed by atoms with E-state index < -0.39 is 0 Å². The van der Waals surface area contributed by atoms with Gasteiger partial charge in [0, 0.05) is 28.6 Å². The van der Waals surface area contributed by atoms with Crippen LogP contribution in [0.4, 0.5) is 0 Å². The molecule has 0 aliphatic heterocycles. The molecule has 1 atom stereocenters. The monoisotopic (exact) mass is 237 g/mol. The Labute approximate surface area is 98.0 Å². The summed E-state index contributed by atoms with van der Waals surface area (Å²) in [6, 6.07) is 7.17. The Kier molecular flexibility index (Phi) is 2.99. The van der Waals surface area contributed by atoms with Crippen molar-refractivity contribution in [1.29, 1.82) is 0 Å². The molecule has 0 aliphatic rings. The van der Waals surface area contributed by atoms with E-state index >= 15 is 0 Å². The number of hydrogen-bond donors (Lipinski definition) is 1. The van der Waals surface area contributed by atoms with Crippen LogP contribution >= 0.6 is 11.6 Å². The van der Waals surface area contributed by atoms with E-state index in [4.69, 9.17) is 16.3 Å². The minimum atomic E-state index is -0.230. The highest BCUT2D eigenvalue weighted by Crippen LogP contribution is 2.20.